The number of rotatable bonds is 4. The van der Waals surface area contributed by atoms with Crippen LogP contribution < -0.4 is 5.73 Å². The minimum Gasteiger partial charge on any atom is -0.385 e. The molecule has 2 amide bonds. The molecule has 2 heterocycles. The SMILES string of the molecule is CCCC1CC2(CCO1)C(N)=NC(=O)N2CC(C)C. The Balaban J connectivity index is 2.21. The zero-order valence-electron chi connectivity index (χ0n) is 12.2. The van der Waals surface area contributed by atoms with E-state index in [0.29, 0.717) is 24.9 Å². The van der Waals surface area contributed by atoms with Crippen LogP contribution in [0, 0.1) is 5.92 Å². The molecule has 5 nitrogen and oxygen atoms in total. The number of urea groups is 1. The van der Waals surface area contributed by atoms with Crippen molar-refractivity contribution < 1.29 is 9.53 Å². The largest absolute Gasteiger partial charge is 0.385 e. The average Bonchev–Trinajstić information content (AvgIpc) is 2.54. The van der Waals surface area contributed by atoms with E-state index in [9.17, 15) is 4.79 Å². The van der Waals surface area contributed by atoms with Crippen LogP contribution in [-0.4, -0.2) is 41.6 Å². The van der Waals surface area contributed by atoms with Gasteiger partial charge in [-0.2, -0.15) is 4.99 Å². The molecule has 2 aliphatic rings. The van der Waals surface area contributed by atoms with Crippen LogP contribution in [0.5, 0.6) is 0 Å². The number of hydrogen-bond acceptors (Lipinski definition) is 3. The van der Waals surface area contributed by atoms with Crippen molar-refractivity contribution in [3.05, 3.63) is 0 Å². The molecular weight excluding hydrogens is 242 g/mol. The number of nitrogens with zero attached hydrogens (tertiary/aromatic N) is 2. The van der Waals surface area contributed by atoms with E-state index in [1.807, 2.05) is 4.90 Å². The molecule has 0 aromatic rings. The molecule has 19 heavy (non-hydrogen) atoms. The Hall–Kier alpha value is -1.10. The summed E-state index contributed by atoms with van der Waals surface area (Å²) in [6.45, 7) is 7.73. The van der Waals surface area contributed by atoms with Crippen molar-refractivity contribution in [2.45, 2.75) is 58.1 Å². The Kier molecular flexibility index (Phi) is 4.13. The molecule has 108 valence electrons. The zero-order valence-corrected chi connectivity index (χ0v) is 12.2. The molecular formula is C14H25N3O2. The molecule has 0 radical (unpaired) electrons. The van der Waals surface area contributed by atoms with Gasteiger partial charge in [0.2, 0.25) is 0 Å². The highest BCUT2D eigenvalue weighted by Gasteiger charge is 2.51. The van der Waals surface area contributed by atoms with Crippen molar-refractivity contribution in [2.24, 2.45) is 16.6 Å². The second-order valence-electron chi connectivity index (χ2n) is 6.05. The van der Waals surface area contributed by atoms with Crippen LogP contribution in [0.25, 0.3) is 0 Å². The van der Waals surface area contributed by atoms with Gasteiger partial charge in [-0.05, 0) is 12.3 Å². The molecule has 2 unspecified atom stereocenters. The number of carbonyl (C=O) groups excluding carboxylic acids is 1. The van der Waals surface area contributed by atoms with Crippen LogP contribution in [0.15, 0.2) is 4.99 Å². The molecule has 0 bridgehead atoms. The van der Waals surface area contributed by atoms with E-state index >= 15 is 0 Å². The highest BCUT2D eigenvalue weighted by atomic mass is 16.5. The van der Waals surface area contributed by atoms with Crippen LogP contribution in [0.2, 0.25) is 0 Å². The number of amides is 2. The van der Waals surface area contributed by atoms with Crippen molar-refractivity contribution in [1.29, 1.82) is 0 Å². The van der Waals surface area contributed by atoms with E-state index in [0.717, 1.165) is 25.7 Å². The fourth-order valence-corrected chi connectivity index (χ4v) is 3.12. The normalized spacial score (nSPS) is 31.4. The maximum absolute atomic E-state index is 12.1. The Morgan fingerprint density at radius 3 is 2.95 bits per heavy atom. The monoisotopic (exact) mass is 267 g/mol. The maximum Gasteiger partial charge on any atom is 0.346 e. The van der Waals surface area contributed by atoms with Gasteiger partial charge in [0.25, 0.3) is 0 Å². The predicted molar refractivity (Wildman–Crippen MR) is 75.2 cm³/mol. The number of hydrogen-bond donors (Lipinski definition) is 1. The van der Waals surface area contributed by atoms with Crippen molar-refractivity contribution >= 4 is 11.9 Å². The van der Waals surface area contributed by atoms with Gasteiger partial charge in [0.1, 0.15) is 11.4 Å². The smallest absolute Gasteiger partial charge is 0.346 e. The lowest BCUT2D eigenvalue weighted by molar-refractivity contribution is -0.0386. The summed E-state index contributed by atoms with van der Waals surface area (Å²) in [6, 6.07) is -0.177. The standard InChI is InChI=1S/C14H25N3O2/c1-4-5-11-8-14(6-7-19-11)12(15)16-13(18)17(14)9-10(2)3/h10-11H,4-9H2,1-3H3,(H2,15,16,18). The molecule has 1 fully saturated rings. The summed E-state index contributed by atoms with van der Waals surface area (Å²) in [5.74, 6) is 0.900. The third-order valence-corrected chi connectivity index (χ3v) is 4.03. The lowest BCUT2D eigenvalue weighted by Gasteiger charge is -2.44. The minimum atomic E-state index is -0.389. The summed E-state index contributed by atoms with van der Waals surface area (Å²) in [6.07, 6.45) is 3.83. The van der Waals surface area contributed by atoms with Crippen molar-refractivity contribution in [2.75, 3.05) is 13.2 Å². The second-order valence-corrected chi connectivity index (χ2v) is 6.05. The summed E-state index contributed by atoms with van der Waals surface area (Å²) in [4.78, 5) is 18.0. The quantitative estimate of drug-likeness (QED) is 0.848. The Bertz CT molecular complexity index is 379. The maximum atomic E-state index is 12.1. The summed E-state index contributed by atoms with van der Waals surface area (Å²) < 4.78 is 5.79. The van der Waals surface area contributed by atoms with Crippen molar-refractivity contribution in [1.82, 2.24) is 4.90 Å². The molecule has 2 aliphatic heterocycles. The van der Waals surface area contributed by atoms with E-state index in [1.165, 1.54) is 0 Å². The van der Waals surface area contributed by atoms with E-state index in [-0.39, 0.29) is 17.7 Å². The lowest BCUT2D eigenvalue weighted by atomic mass is 9.83. The van der Waals surface area contributed by atoms with Gasteiger partial charge in [-0.25, -0.2) is 4.79 Å². The van der Waals surface area contributed by atoms with Crippen molar-refractivity contribution in [3.63, 3.8) is 0 Å². The Morgan fingerprint density at radius 1 is 1.58 bits per heavy atom. The van der Waals surface area contributed by atoms with Gasteiger partial charge in [0.05, 0.1) is 6.10 Å². The van der Waals surface area contributed by atoms with Gasteiger partial charge in [-0.3, -0.25) is 0 Å². The third-order valence-electron chi connectivity index (χ3n) is 4.03. The average molecular weight is 267 g/mol. The van der Waals surface area contributed by atoms with E-state index in [1.54, 1.807) is 0 Å². The number of aliphatic imine (C=N–C) groups is 1. The fraction of sp³-hybridized carbons (Fsp3) is 0.857. The highest BCUT2D eigenvalue weighted by molar-refractivity contribution is 6.05. The Morgan fingerprint density at radius 2 is 2.32 bits per heavy atom. The molecule has 1 saturated heterocycles. The van der Waals surface area contributed by atoms with Gasteiger partial charge >= 0.3 is 6.03 Å². The van der Waals surface area contributed by atoms with Crippen LogP contribution in [0.3, 0.4) is 0 Å². The third kappa shape index (κ3) is 2.61. The number of nitrogens with two attached hydrogens (primary N) is 1. The van der Waals surface area contributed by atoms with Crippen LogP contribution in [0.1, 0.15) is 46.5 Å². The topological polar surface area (TPSA) is 67.9 Å². The number of amidine groups is 1. The first kappa shape index (κ1) is 14.3. The van der Waals surface area contributed by atoms with Gasteiger partial charge < -0.3 is 15.4 Å². The highest BCUT2D eigenvalue weighted by Crippen LogP contribution is 2.37. The van der Waals surface area contributed by atoms with Crippen LogP contribution in [-0.2, 0) is 4.74 Å². The number of carbonyl (C=O) groups is 1. The second kappa shape index (κ2) is 5.49. The van der Waals surface area contributed by atoms with E-state index in [2.05, 4.69) is 25.8 Å². The summed E-state index contributed by atoms with van der Waals surface area (Å²) in [5, 5.41) is 0. The molecule has 0 aliphatic carbocycles. The molecule has 2 N–H and O–H groups in total. The summed E-state index contributed by atoms with van der Waals surface area (Å²) >= 11 is 0. The summed E-state index contributed by atoms with van der Waals surface area (Å²) in [5.41, 5.74) is 5.70. The Labute approximate surface area is 115 Å². The molecule has 1 spiro atoms. The van der Waals surface area contributed by atoms with E-state index < -0.39 is 0 Å². The van der Waals surface area contributed by atoms with Crippen molar-refractivity contribution in [3.8, 4) is 0 Å². The molecule has 0 aromatic carbocycles. The van der Waals surface area contributed by atoms with Gasteiger partial charge in [0.15, 0.2) is 0 Å². The first-order valence-corrected chi connectivity index (χ1v) is 7.27. The van der Waals surface area contributed by atoms with E-state index in [4.69, 9.17) is 10.5 Å². The molecule has 2 atom stereocenters. The predicted octanol–water partition coefficient (Wildman–Crippen LogP) is 2.15. The van der Waals surface area contributed by atoms with Gasteiger partial charge in [-0.1, -0.05) is 27.2 Å². The molecule has 5 heteroatoms. The fourth-order valence-electron chi connectivity index (χ4n) is 3.12. The molecule has 0 aromatic heterocycles. The van der Waals surface area contributed by atoms with Crippen LogP contribution in [0.4, 0.5) is 4.79 Å². The summed E-state index contributed by atoms with van der Waals surface area (Å²) in [7, 11) is 0. The molecule has 0 saturated carbocycles. The number of ether oxygens (including phenoxy) is 1. The zero-order chi connectivity index (χ0) is 14.0. The first-order valence-electron chi connectivity index (χ1n) is 7.27. The van der Waals surface area contributed by atoms with Gasteiger partial charge in [0, 0.05) is 26.0 Å². The molecule has 2 rings (SSSR count). The first-order chi connectivity index (χ1) is 8.99. The van der Waals surface area contributed by atoms with Crippen LogP contribution >= 0.6 is 0 Å². The minimum absolute atomic E-state index is 0.177. The lowest BCUT2D eigenvalue weighted by Crippen LogP contribution is -2.59. The van der Waals surface area contributed by atoms with Gasteiger partial charge in [-0.15, -0.1) is 0 Å².